The number of fused-ring (bicyclic) bond motifs is 2. The lowest BCUT2D eigenvalue weighted by Gasteiger charge is -2.16. The first kappa shape index (κ1) is 23.3. The molecule has 7 nitrogen and oxygen atoms in total. The third kappa shape index (κ3) is 4.61. The highest BCUT2D eigenvalue weighted by molar-refractivity contribution is 7.17. The number of hydrogen-bond acceptors (Lipinski definition) is 7. The van der Waals surface area contributed by atoms with Crippen molar-refractivity contribution in [2.24, 2.45) is 5.92 Å². The molecule has 2 aromatic carbocycles. The number of aromatic nitrogens is 4. The molecule has 5 aromatic rings. The van der Waals surface area contributed by atoms with Crippen molar-refractivity contribution in [2.45, 2.75) is 39.7 Å². The van der Waals surface area contributed by atoms with Gasteiger partial charge in [0.2, 0.25) is 11.0 Å². The van der Waals surface area contributed by atoms with E-state index in [9.17, 15) is 9.59 Å². The summed E-state index contributed by atoms with van der Waals surface area (Å²) in [5.74, 6) is 0.152. The summed E-state index contributed by atoms with van der Waals surface area (Å²) in [5.41, 5.74) is 1.56. The number of hydrogen-bond donors (Lipinski definition) is 1. The van der Waals surface area contributed by atoms with Gasteiger partial charge in [0.1, 0.15) is 15.9 Å². The standard InChI is InChI=1S/C26H25N5O2S2/c1-4-20(23(32)28-26-30-29-21(35-26)11-15(2)3)31-14-27-24-22(25(31)33)19(13-34-24)18-10-9-16-7-5-6-8-17(16)12-18/h5-10,12-15,20H,4,11H2,1-3H3,(H,28,30,32). The van der Waals surface area contributed by atoms with E-state index in [-0.39, 0.29) is 11.5 Å². The fourth-order valence-electron chi connectivity index (χ4n) is 4.17. The van der Waals surface area contributed by atoms with Gasteiger partial charge in [-0.15, -0.1) is 21.5 Å². The van der Waals surface area contributed by atoms with Gasteiger partial charge in [0.15, 0.2) is 0 Å². The van der Waals surface area contributed by atoms with Crippen molar-refractivity contribution in [3.05, 3.63) is 69.5 Å². The molecule has 0 aliphatic rings. The number of anilines is 1. The van der Waals surface area contributed by atoms with Gasteiger partial charge in [-0.05, 0) is 34.7 Å². The molecule has 1 N–H and O–H groups in total. The Bertz CT molecular complexity index is 1580. The van der Waals surface area contributed by atoms with Crippen molar-refractivity contribution >= 4 is 54.7 Å². The van der Waals surface area contributed by atoms with Crippen molar-refractivity contribution in [1.82, 2.24) is 19.7 Å². The second-order valence-corrected chi connectivity index (χ2v) is 10.8. The molecule has 1 amide bonds. The van der Waals surface area contributed by atoms with Crippen molar-refractivity contribution in [3.63, 3.8) is 0 Å². The van der Waals surface area contributed by atoms with Crippen molar-refractivity contribution in [3.8, 4) is 11.1 Å². The monoisotopic (exact) mass is 503 g/mol. The Morgan fingerprint density at radius 2 is 1.91 bits per heavy atom. The normalized spacial score (nSPS) is 12.5. The topological polar surface area (TPSA) is 89.8 Å². The van der Waals surface area contributed by atoms with Crippen LogP contribution in [0.5, 0.6) is 0 Å². The SMILES string of the molecule is CCC(C(=O)Nc1nnc(CC(C)C)s1)n1cnc2scc(-c3ccc4ccccc4c3)c2c1=O. The molecule has 35 heavy (non-hydrogen) atoms. The zero-order chi connectivity index (χ0) is 24.5. The molecule has 0 radical (unpaired) electrons. The Kier molecular flexibility index (Phi) is 6.44. The highest BCUT2D eigenvalue weighted by Crippen LogP contribution is 2.33. The van der Waals surface area contributed by atoms with Crippen molar-refractivity contribution in [1.29, 1.82) is 0 Å². The molecule has 0 fully saturated rings. The summed E-state index contributed by atoms with van der Waals surface area (Å²) in [5, 5.41) is 17.2. The molecule has 0 bridgehead atoms. The van der Waals surface area contributed by atoms with E-state index < -0.39 is 6.04 Å². The molecule has 0 aliphatic heterocycles. The number of nitrogens with zero attached hydrogens (tertiary/aromatic N) is 4. The molecular formula is C26H25N5O2S2. The van der Waals surface area contributed by atoms with E-state index in [2.05, 4.69) is 58.6 Å². The number of carbonyl (C=O) groups excluding carboxylic acids is 1. The van der Waals surface area contributed by atoms with Gasteiger partial charge in [0.25, 0.3) is 5.56 Å². The van der Waals surface area contributed by atoms with Crippen molar-refractivity contribution < 1.29 is 4.79 Å². The fourth-order valence-corrected chi connectivity index (χ4v) is 6.03. The summed E-state index contributed by atoms with van der Waals surface area (Å²) in [6, 6.07) is 13.6. The predicted molar refractivity (Wildman–Crippen MR) is 143 cm³/mol. The summed E-state index contributed by atoms with van der Waals surface area (Å²) in [4.78, 5) is 32.0. The summed E-state index contributed by atoms with van der Waals surface area (Å²) >= 11 is 2.80. The Hall–Kier alpha value is -3.43. The number of benzene rings is 2. The fraction of sp³-hybridized carbons (Fsp3) is 0.269. The zero-order valence-corrected chi connectivity index (χ0v) is 21.3. The number of rotatable bonds is 7. The summed E-state index contributed by atoms with van der Waals surface area (Å²) in [7, 11) is 0. The lowest BCUT2D eigenvalue weighted by Crippen LogP contribution is -2.33. The van der Waals surface area contributed by atoms with E-state index in [4.69, 9.17) is 0 Å². The Morgan fingerprint density at radius 1 is 1.11 bits per heavy atom. The predicted octanol–water partition coefficient (Wildman–Crippen LogP) is 5.92. The smallest absolute Gasteiger partial charge is 0.263 e. The van der Waals surface area contributed by atoms with Crippen LogP contribution in [0.25, 0.3) is 32.1 Å². The van der Waals surface area contributed by atoms with Crippen LogP contribution < -0.4 is 10.9 Å². The minimum atomic E-state index is -0.707. The van der Waals surface area contributed by atoms with Crippen LogP contribution in [0.4, 0.5) is 5.13 Å². The molecule has 0 spiro atoms. The summed E-state index contributed by atoms with van der Waals surface area (Å²) in [6.45, 7) is 6.10. The Morgan fingerprint density at radius 3 is 2.69 bits per heavy atom. The van der Waals surface area contributed by atoms with E-state index in [0.717, 1.165) is 33.3 Å². The number of thiophene rings is 1. The molecule has 0 saturated carbocycles. The number of amides is 1. The van der Waals surface area contributed by atoms with Crippen LogP contribution in [0, 0.1) is 5.92 Å². The van der Waals surface area contributed by atoms with Crippen LogP contribution in [0.3, 0.4) is 0 Å². The minimum absolute atomic E-state index is 0.223. The Labute approximate surface area is 210 Å². The second kappa shape index (κ2) is 9.67. The molecule has 0 aliphatic carbocycles. The zero-order valence-electron chi connectivity index (χ0n) is 19.7. The lowest BCUT2D eigenvalue weighted by atomic mass is 10.0. The minimum Gasteiger partial charge on any atom is -0.299 e. The van der Waals surface area contributed by atoms with Gasteiger partial charge in [0.05, 0.1) is 11.7 Å². The Balaban J connectivity index is 1.49. The average Bonchev–Trinajstić information content (AvgIpc) is 3.47. The maximum atomic E-state index is 13.7. The first-order chi connectivity index (χ1) is 16.9. The number of carbonyl (C=O) groups is 1. The maximum absolute atomic E-state index is 13.7. The van der Waals surface area contributed by atoms with Gasteiger partial charge in [-0.1, -0.05) is 68.5 Å². The molecule has 1 atom stereocenters. The first-order valence-electron chi connectivity index (χ1n) is 11.5. The first-order valence-corrected chi connectivity index (χ1v) is 13.2. The van der Waals surface area contributed by atoms with Crippen LogP contribution in [0.1, 0.15) is 38.2 Å². The van der Waals surface area contributed by atoms with Gasteiger partial charge in [-0.2, -0.15) is 0 Å². The van der Waals surface area contributed by atoms with Crippen LogP contribution in [0.15, 0.2) is 59.0 Å². The lowest BCUT2D eigenvalue weighted by molar-refractivity contribution is -0.119. The molecule has 1 unspecified atom stereocenters. The van der Waals surface area contributed by atoms with E-state index in [1.807, 2.05) is 30.5 Å². The molecule has 5 rings (SSSR count). The molecule has 0 saturated heterocycles. The number of nitrogens with one attached hydrogen (secondary N) is 1. The summed E-state index contributed by atoms with van der Waals surface area (Å²) in [6.07, 6.45) is 2.72. The molecule has 9 heteroatoms. The van der Waals surface area contributed by atoms with E-state index in [1.165, 1.54) is 33.6 Å². The second-order valence-electron chi connectivity index (χ2n) is 8.86. The largest absolute Gasteiger partial charge is 0.299 e. The van der Waals surface area contributed by atoms with Gasteiger partial charge >= 0.3 is 0 Å². The quantitative estimate of drug-likeness (QED) is 0.298. The van der Waals surface area contributed by atoms with Crippen LogP contribution in [-0.4, -0.2) is 25.7 Å². The molecule has 3 aromatic heterocycles. The molecule has 178 valence electrons. The highest BCUT2D eigenvalue weighted by atomic mass is 32.1. The van der Waals surface area contributed by atoms with E-state index in [1.54, 1.807) is 0 Å². The van der Waals surface area contributed by atoms with Gasteiger partial charge < -0.3 is 0 Å². The van der Waals surface area contributed by atoms with E-state index in [0.29, 0.717) is 27.7 Å². The molecular weight excluding hydrogens is 478 g/mol. The van der Waals surface area contributed by atoms with Crippen molar-refractivity contribution in [2.75, 3.05) is 5.32 Å². The van der Waals surface area contributed by atoms with Crippen LogP contribution in [0.2, 0.25) is 0 Å². The average molecular weight is 504 g/mol. The van der Waals surface area contributed by atoms with Crippen LogP contribution in [-0.2, 0) is 11.2 Å². The highest BCUT2D eigenvalue weighted by Gasteiger charge is 2.24. The third-order valence-electron chi connectivity index (χ3n) is 5.88. The van der Waals surface area contributed by atoms with Gasteiger partial charge in [-0.3, -0.25) is 19.5 Å². The third-order valence-corrected chi connectivity index (χ3v) is 7.63. The van der Waals surface area contributed by atoms with Gasteiger partial charge in [-0.25, -0.2) is 4.98 Å². The maximum Gasteiger partial charge on any atom is 0.263 e. The van der Waals surface area contributed by atoms with Gasteiger partial charge in [0, 0.05) is 17.4 Å². The molecule has 3 heterocycles. The van der Waals surface area contributed by atoms with E-state index >= 15 is 0 Å². The summed E-state index contributed by atoms with van der Waals surface area (Å²) < 4.78 is 1.44. The van der Waals surface area contributed by atoms with Crippen LogP contribution >= 0.6 is 22.7 Å².